The van der Waals surface area contributed by atoms with Gasteiger partial charge in [0.05, 0.1) is 16.2 Å². The largest absolute Gasteiger partial charge is 0.497 e. The molecule has 6 heteroatoms. The first-order valence-corrected chi connectivity index (χ1v) is 7.79. The fraction of sp³-hybridized carbons (Fsp3) is 0.118. The highest BCUT2D eigenvalue weighted by atomic mass is 127. The van der Waals surface area contributed by atoms with Gasteiger partial charge in [0.2, 0.25) is 0 Å². The minimum absolute atomic E-state index is 0.0963. The number of aromatic nitrogens is 1. The molecule has 0 spiro atoms. The van der Waals surface area contributed by atoms with E-state index in [4.69, 9.17) is 4.74 Å². The van der Waals surface area contributed by atoms with E-state index in [9.17, 15) is 13.2 Å². The van der Waals surface area contributed by atoms with Crippen molar-refractivity contribution in [1.82, 2.24) is 4.98 Å². The molecule has 0 unspecified atom stereocenters. The third-order valence-corrected chi connectivity index (χ3v) is 4.53. The predicted octanol–water partition coefficient (Wildman–Crippen LogP) is 5.53. The molecule has 118 valence electrons. The van der Waals surface area contributed by atoms with E-state index in [0.29, 0.717) is 27.8 Å². The molecule has 2 nitrogen and oxygen atoms in total. The van der Waals surface area contributed by atoms with Crippen LogP contribution in [0.3, 0.4) is 0 Å². The van der Waals surface area contributed by atoms with Gasteiger partial charge in [-0.1, -0.05) is 30.3 Å². The molecular weight excluding hydrogens is 418 g/mol. The van der Waals surface area contributed by atoms with Crippen molar-refractivity contribution in [2.45, 2.75) is 6.18 Å². The number of halogens is 4. The van der Waals surface area contributed by atoms with Crippen molar-refractivity contribution in [2.75, 3.05) is 7.11 Å². The Morgan fingerprint density at radius 1 is 1.00 bits per heavy atom. The Morgan fingerprint density at radius 3 is 2.26 bits per heavy atom. The summed E-state index contributed by atoms with van der Waals surface area (Å²) in [5, 5.41) is 0.690. The molecule has 0 saturated carbocycles. The molecule has 1 heterocycles. The standard InChI is InChI=1S/C17H11F3INO/c1-23-11-8-6-10(7-9-11)14-12-4-2-3-5-13(12)22-16(15(14)21)17(18,19)20/h2-9H,1H3. The summed E-state index contributed by atoms with van der Waals surface area (Å²) in [6.45, 7) is 0. The summed E-state index contributed by atoms with van der Waals surface area (Å²) in [6.07, 6.45) is -4.50. The molecule has 23 heavy (non-hydrogen) atoms. The second-order valence-corrected chi connectivity index (χ2v) is 5.97. The third-order valence-electron chi connectivity index (χ3n) is 3.48. The Bertz CT molecular complexity index is 860. The number of hydrogen-bond donors (Lipinski definition) is 0. The van der Waals surface area contributed by atoms with Crippen LogP contribution >= 0.6 is 22.6 Å². The third kappa shape index (κ3) is 2.99. The lowest BCUT2D eigenvalue weighted by molar-refractivity contribution is -0.141. The van der Waals surface area contributed by atoms with Crippen LogP contribution in [0.25, 0.3) is 22.0 Å². The maximum absolute atomic E-state index is 13.3. The number of nitrogens with zero attached hydrogens (tertiary/aromatic N) is 1. The van der Waals surface area contributed by atoms with Crippen LogP contribution in [-0.4, -0.2) is 12.1 Å². The van der Waals surface area contributed by atoms with Gasteiger partial charge >= 0.3 is 6.18 Å². The lowest BCUT2D eigenvalue weighted by Crippen LogP contribution is -2.12. The monoisotopic (exact) mass is 429 g/mol. The maximum atomic E-state index is 13.3. The van der Waals surface area contributed by atoms with Crippen molar-refractivity contribution in [3.05, 3.63) is 57.8 Å². The second-order valence-electron chi connectivity index (χ2n) is 4.89. The summed E-state index contributed by atoms with van der Waals surface area (Å²) in [7, 11) is 1.54. The van der Waals surface area contributed by atoms with Crippen molar-refractivity contribution >= 4 is 33.5 Å². The Hall–Kier alpha value is -1.83. The molecular formula is C17H11F3INO. The lowest BCUT2D eigenvalue weighted by Gasteiger charge is -2.15. The van der Waals surface area contributed by atoms with Gasteiger partial charge in [-0.3, -0.25) is 0 Å². The first-order valence-electron chi connectivity index (χ1n) is 6.71. The Morgan fingerprint density at radius 2 is 1.65 bits per heavy atom. The lowest BCUT2D eigenvalue weighted by atomic mass is 10.00. The summed E-state index contributed by atoms with van der Waals surface area (Å²) in [4.78, 5) is 3.81. The van der Waals surface area contributed by atoms with Crippen LogP contribution in [0.5, 0.6) is 5.75 Å². The number of alkyl halides is 3. The molecule has 0 aliphatic carbocycles. The van der Waals surface area contributed by atoms with Gasteiger partial charge in [0.25, 0.3) is 0 Å². The number of fused-ring (bicyclic) bond motifs is 1. The summed E-state index contributed by atoms with van der Waals surface area (Å²) >= 11 is 1.72. The van der Waals surface area contributed by atoms with Gasteiger partial charge in [-0.15, -0.1) is 0 Å². The van der Waals surface area contributed by atoms with Crippen LogP contribution in [-0.2, 0) is 6.18 Å². The molecule has 0 saturated heterocycles. The highest BCUT2D eigenvalue weighted by Gasteiger charge is 2.36. The molecule has 0 atom stereocenters. The van der Waals surface area contributed by atoms with Crippen LogP contribution in [0, 0.1) is 3.57 Å². The Labute approximate surface area is 144 Å². The minimum Gasteiger partial charge on any atom is -0.497 e. The average Bonchev–Trinajstić information content (AvgIpc) is 2.53. The van der Waals surface area contributed by atoms with Crippen molar-refractivity contribution < 1.29 is 17.9 Å². The fourth-order valence-electron chi connectivity index (χ4n) is 2.42. The van der Waals surface area contributed by atoms with Crippen molar-refractivity contribution in [3.63, 3.8) is 0 Å². The Balaban J connectivity index is 2.34. The Kier molecular flexibility index (Phi) is 4.18. The maximum Gasteiger partial charge on any atom is 0.434 e. The van der Waals surface area contributed by atoms with E-state index in [1.807, 2.05) is 0 Å². The summed E-state index contributed by atoms with van der Waals surface area (Å²) in [5.41, 5.74) is 0.694. The van der Waals surface area contributed by atoms with Gasteiger partial charge in [-0.2, -0.15) is 13.2 Å². The molecule has 0 aliphatic rings. The van der Waals surface area contributed by atoms with Crippen LogP contribution in [0.15, 0.2) is 48.5 Å². The summed E-state index contributed by atoms with van der Waals surface area (Å²) in [5.74, 6) is 0.651. The smallest absolute Gasteiger partial charge is 0.434 e. The zero-order chi connectivity index (χ0) is 16.6. The van der Waals surface area contributed by atoms with Crippen LogP contribution < -0.4 is 4.74 Å². The van der Waals surface area contributed by atoms with E-state index in [-0.39, 0.29) is 3.57 Å². The SMILES string of the molecule is COc1ccc(-c2c(I)c(C(F)(F)F)nc3ccccc23)cc1. The normalized spacial score (nSPS) is 11.7. The molecule has 1 aromatic heterocycles. The highest BCUT2D eigenvalue weighted by Crippen LogP contribution is 2.40. The zero-order valence-electron chi connectivity index (χ0n) is 12.0. The molecule has 0 bridgehead atoms. The number of methoxy groups -OCH3 is 1. The zero-order valence-corrected chi connectivity index (χ0v) is 14.1. The number of rotatable bonds is 2. The molecule has 3 rings (SSSR count). The fourth-order valence-corrected chi connectivity index (χ4v) is 3.44. The summed E-state index contributed by atoms with van der Waals surface area (Å²) in [6, 6.07) is 13.8. The van der Waals surface area contributed by atoms with Gasteiger partial charge in [-0.05, 0) is 46.4 Å². The van der Waals surface area contributed by atoms with E-state index in [2.05, 4.69) is 4.98 Å². The first-order chi connectivity index (χ1) is 10.9. The topological polar surface area (TPSA) is 22.1 Å². The van der Waals surface area contributed by atoms with E-state index in [0.717, 1.165) is 0 Å². The molecule has 0 fully saturated rings. The van der Waals surface area contributed by atoms with Crippen LogP contribution in [0.4, 0.5) is 13.2 Å². The van der Waals surface area contributed by atoms with Crippen molar-refractivity contribution in [1.29, 1.82) is 0 Å². The highest BCUT2D eigenvalue weighted by molar-refractivity contribution is 14.1. The van der Waals surface area contributed by atoms with Gasteiger partial charge < -0.3 is 4.74 Å². The molecule has 0 radical (unpaired) electrons. The number of benzene rings is 2. The van der Waals surface area contributed by atoms with E-state index in [1.54, 1.807) is 78.2 Å². The van der Waals surface area contributed by atoms with Crippen molar-refractivity contribution in [2.24, 2.45) is 0 Å². The minimum atomic E-state index is -4.50. The number of ether oxygens (including phenoxy) is 1. The molecule has 0 N–H and O–H groups in total. The van der Waals surface area contributed by atoms with Gasteiger partial charge in [0, 0.05) is 10.9 Å². The average molecular weight is 429 g/mol. The number of pyridine rings is 1. The number of para-hydroxylation sites is 1. The summed E-state index contributed by atoms with van der Waals surface area (Å²) < 4.78 is 45.1. The van der Waals surface area contributed by atoms with E-state index < -0.39 is 11.9 Å². The van der Waals surface area contributed by atoms with Gasteiger partial charge in [0.15, 0.2) is 5.69 Å². The molecule has 2 aromatic carbocycles. The molecule has 0 aliphatic heterocycles. The van der Waals surface area contributed by atoms with E-state index in [1.165, 1.54) is 0 Å². The van der Waals surface area contributed by atoms with Gasteiger partial charge in [0.1, 0.15) is 5.75 Å². The van der Waals surface area contributed by atoms with Crippen LogP contribution in [0.2, 0.25) is 0 Å². The first kappa shape index (κ1) is 16.0. The van der Waals surface area contributed by atoms with E-state index >= 15 is 0 Å². The van der Waals surface area contributed by atoms with Crippen molar-refractivity contribution in [3.8, 4) is 16.9 Å². The number of hydrogen-bond acceptors (Lipinski definition) is 2. The second kappa shape index (κ2) is 5.99. The molecule has 0 amide bonds. The quantitative estimate of drug-likeness (QED) is 0.500. The van der Waals surface area contributed by atoms with Crippen LogP contribution in [0.1, 0.15) is 5.69 Å². The predicted molar refractivity (Wildman–Crippen MR) is 91.5 cm³/mol. The molecule has 3 aromatic rings. The van der Waals surface area contributed by atoms with Gasteiger partial charge in [-0.25, -0.2) is 4.98 Å².